The summed E-state index contributed by atoms with van der Waals surface area (Å²) in [7, 11) is 1.86. The SMILES string of the molecule is C=CN(NC)c1ccccc1. The maximum Gasteiger partial charge on any atom is 0.0570 e. The van der Waals surface area contributed by atoms with Crippen LogP contribution in [0.4, 0.5) is 5.69 Å². The van der Waals surface area contributed by atoms with Crippen LogP contribution >= 0.6 is 0 Å². The molecule has 0 bridgehead atoms. The van der Waals surface area contributed by atoms with E-state index in [0.717, 1.165) is 5.69 Å². The van der Waals surface area contributed by atoms with Crippen molar-refractivity contribution < 1.29 is 0 Å². The van der Waals surface area contributed by atoms with E-state index in [1.54, 1.807) is 6.20 Å². The van der Waals surface area contributed by atoms with Crippen molar-refractivity contribution in [2.75, 3.05) is 12.1 Å². The van der Waals surface area contributed by atoms with Gasteiger partial charge in [0.05, 0.1) is 5.69 Å². The molecule has 0 atom stereocenters. The third kappa shape index (κ3) is 1.82. The summed E-state index contributed by atoms with van der Waals surface area (Å²) in [4.78, 5) is 0. The summed E-state index contributed by atoms with van der Waals surface area (Å²) in [5, 5.41) is 1.85. The molecule has 0 radical (unpaired) electrons. The van der Waals surface area contributed by atoms with Crippen molar-refractivity contribution in [3.8, 4) is 0 Å². The second-order valence-electron chi connectivity index (χ2n) is 2.11. The molecule has 2 heteroatoms. The zero-order valence-electron chi connectivity index (χ0n) is 6.62. The summed E-state index contributed by atoms with van der Waals surface area (Å²) in [5.41, 5.74) is 4.07. The molecule has 11 heavy (non-hydrogen) atoms. The smallest absolute Gasteiger partial charge is 0.0570 e. The van der Waals surface area contributed by atoms with Crippen molar-refractivity contribution in [1.29, 1.82) is 0 Å². The number of nitrogens with zero attached hydrogens (tertiary/aromatic N) is 1. The van der Waals surface area contributed by atoms with Crippen molar-refractivity contribution in [3.63, 3.8) is 0 Å². The van der Waals surface area contributed by atoms with Gasteiger partial charge in [-0.15, -0.1) is 0 Å². The monoisotopic (exact) mass is 148 g/mol. The van der Waals surface area contributed by atoms with E-state index < -0.39 is 0 Å². The Labute approximate surface area is 67.1 Å². The third-order valence-corrected chi connectivity index (χ3v) is 1.46. The zero-order valence-corrected chi connectivity index (χ0v) is 6.62. The summed E-state index contributed by atoms with van der Waals surface area (Å²) in [6, 6.07) is 9.99. The lowest BCUT2D eigenvalue weighted by Crippen LogP contribution is -2.28. The quantitative estimate of drug-likeness (QED) is 0.657. The molecule has 1 aromatic rings. The Morgan fingerprint density at radius 1 is 1.36 bits per heavy atom. The second kappa shape index (κ2) is 3.78. The molecule has 0 aliphatic rings. The molecule has 1 aromatic carbocycles. The van der Waals surface area contributed by atoms with E-state index in [-0.39, 0.29) is 0 Å². The van der Waals surface area contributed by atoms with Gasteiger partial charge in [0.25, 0.3) is 0 Å². The lowest BCUT2D eigenvalue weighted by atomic mass is 10.3. The first-order chi connectivity index (χ1) is 5.38. The van der Waals surface area contributed by atoms with E-state index in [1.165, 1.54) is 0 Å². The summed E-state index contributed by atoms with van der Waals surface area (Å²) >= 11 is 0. The van der Waals surface area contributed by atoms with Crippen LogP contribution < -0.4 is 10.4 Å². The van der Waals surface area contributed by atoms with Gasteiger partial charge in [-0.3, -0.25) is 5.01 Å². The second-order valence-corrected chi connectivity index (χ2v) is 2.11. The molecule has 0 aliphatic carbocycles. The van der Waals surface area contributed by atoms with Crippen LogP contribution in [0.3, 0.4) is 0 Å². The summed E-state index contributed by atoms with van der Waals surface area (Å²) in [6.45, 7) is 3.67. The number of para-hydroxylation sites is 1. The Morgan fingerprint density at radius 2 is 2.00 bits per heavy atom. The number of rotatable bonds is 3. The molecule has 58 valence electrons. The average Bonchev–Trinajstić information content (AvgIpc) is 2.09. The molecule has 0 saturated heterocycles. The fourth-order valence-electron chi connectivity index (χ4n) is 0.914. The van der Waals surface area contributed by atoms with Gasteiger partial charge >= 0.3 is 0 Å². The van der Waals surface area contributed by atoms with Crippen molar-refractivity contribution in [2.45, 2.75) is 0 Å². The lowest BCUT2D eigenvalue weighted by Gasteiger charge is -2.17. The number of anilines is 1. The predicted molar refractivity (Wildman–Crippen MR) is 48.2 cm³/mol. The molecule has 0 spiro atoms. The molecule has 0 amide bonds. The van der Waals surface area contributed by atoms with Crippen molar-refractivity contribution in [2.24, 2.45) is 0 Å². The van der Waals surface area contributed by atoms with Crippen LogP contribution in [0.1, 0.15) is 0 Å². The molecule has 0 unspecified atom stereocenters. The number of hydrogen-bond acceptors (Lipinski definition) is 2. The maximum absolute atomic E-state index is 3.67. The van der Waals surface area contributed by atoms with Crippen molar-refractivity contribution in [3.05, 3.63) is 43.1 Å². The Hall–Kier alpha value is -1.28. The molecule has 1 N–H and O–H groups in total. The van der Waals surface area contributed by atoms with E-state index in [9.17, 15) is 0 Å². The number of benzene rings is 1. The van der Waals surface area contributed by atoms with Crippen LogP contribution in [0.15, 0.2) is 43.1 Å². The minimum atomic E-state index is 1.09. The topological polar surface area (TPSA) is 15.3 Å². The lowest BCUT2D eigenvalue weighted by molar-refractivity contribution is 0.829. The summed E-state index contributed by atoms with van der Waals surface area (Å²) in [5.74, 6) is 0. The molecule has 1 rings (SSSR count). The van der Waals surface area contributed by atoms with E-state index >= 15 is 0 Å². The molecule has 0 aromatic heterocycles. The molecule has 2 nitrogen and oxygen atoms in total. The fourth-order valence-corrected chi connectivity index (χ4v) is 0.914. The van der Waals surface area contributed by atoms with Gasteiger partial charge in [-0.2, -0.15) is 0 Å². The third-order valence-electron chi connectivity index (χ3n) is 1.46. The van der Waals surface area contributed by atoms with E-state index in [4.69, 9.17) is 0 Å². The van der Waals surface area contributed by atoms with Crippen LogP contribution in [-0.4, -0.2) is 7.05 Å². The minimum Gasteiger partial charge on any atom is -0.285 e. The molecule has 0 fully saturated rings. The molecular formula is C9H12N2. The van der Waals surface area contributed by atoms with Gasteiger partial charge in [-0.1, -0.05) is 24.8 Å². The van der Waals surface area contributed by atoms with Crippen LogP contribution in [0, 0.1) is 0 Å². The maximum atomic E-state index is 3.67. The van der Waals surface area contributed by atoms with Gasteiger partial charge in [0, 0.05) is 13.2 Å². The Kier molecular flexibility index (Phi) is 2.69. The largest absolute Gasteiger partial charge is 0.285 e. The van der Waals surface area contributed by atoms with E-state index in [0.29, 0.717) is 0 Å². The molecule has 0 heterocycles. The van der Waals surface area contributed by atoms with Crippen molar-refractivity contribution in [1.82, 2.24) is 5.43 Å². The van der Waals surface area contributed by atoms with Gasteiger partial charge in [0.1, 0.15) is 0 Å². The van der Waals surface area contributed by atoms with Crippen LogP contribution in [0.2, 0.25) is 0 Å². The van der Waals surface area contributed by atoms with Gasteiger partial charge in [0.15, 0.2) is 0 Å². The fraction of sp³-hybridized carbons (Fsp3) is 0.111. The van der Waals surface area contributed by atoms with Crippen LogP contribution in [-0.2, 0) is 0 Å². The van der Waals surface area contributed by atoms with Gasteiger partial charge in [-0.05, 0) is 12.1 Å². The highest BCUT2D eigenvalue weighted by molar-refractivity contribution is 5.46. The van der Waals surface area contributed by atoms with Gasteiger partial charge < -0.3 is 0 Å². The standard InChI is InChI=1S/C9H12N2/c1-3-11(10-2)9-7-5-4-6-8-9/h3-8,10H,1H2,2H3. The number of hydrazine groups is 1. The molecule has 0 saturated carbocycles. The summed E-state index contributed by atoms with van der Waals surface area (Å²) in [6.07, 6.45) is 1.73. The Morgan fingerprint density at radius 3 is 2.45 bits per heavy atom. The first-order valence-corrected chi connectivity index (χ1v) is 3.52. The first-order valence-electron chi connectivity index (χ1n) is 3.52. The highest BCUT2D eigenvalue weighted by Gasteiger charge is 1.94. The number of hydrogen-bond donors (Lipinski definition) is 1. The van der Waals surface area contributed by atoms with Crippen LogP contribution in [0.5, 0.6) is 0 Å². The Bertz CT molecular complexity index is 218. The van der Waals surface area contributed by atoms with E-state index in [2.05, 4.69) is 12.0 Å². The normalized spacial score (nSPS) is 9.18. The number of nitrogens with one attached hydrogen (secondary N) is 1. The van der Waals surface area contributed by atoms with Crippen LogP contribution in [0.25, 0.3) is 0 Å². The molecular weight excluding hydrogens is 136 g/mol. The highest BCUT2D eigenvalue weighted by atomic mass is 15.5. The highest BCUT2D eigenvalue weighted by Crippen LogP contribution is 2.09. The average molecular weight is 148 g/mol. The first kappa shape index (κ1) is 7.82. The Balaban J connectivity index is 2.82. The zero-order chi connectivity index (χ0) is 8.10. The predicted octanol–water partition coefficient (Wildman–Crippen LogP) is 1.77. The molecule has 0 aliphatic heterocycles. The summed E-state index contributed by atoms with van der Waals surface area (Å²) < 4.78 is 0. The van der Waals surface area contributed by atoms with Gasteiger partial charge in [-0.25, -0.2) is 5.43 Å². The van der Waals surface area contributed by atoms with Gasteiger partial charge in [0.2, 0.25) is 0 Å². The van der Waals surface area contributed by atoms with E-state index in [1.807, 2.05) is 42.4 Å². The van der Waals surface area contributed by atoms with Crippen molar-refractivity contribution >= 4 is 5.69 Å². The minimum absolute atomic E-state index is 1.09.